The van der Waals surface area contributed by atoms with Gasteiger partial charge < -0.3 is 15.4 Å². The van der Waals surface area contributed by atoms with Crippen LogP contribution in [0.15, 0.2) is 72.1 Å². The Balaban J connectivity index is 1.78. The lowest BCUT2D eigenvalue weighted by atomic mass is 10.1. The molecular formula is C21H23N2O2S+. The van der Waals surface area contributed by atoms with Gasteiger partial charge in [0.05, 0.1) is 17.2 Å². The maximum atomic E-state index is 13.0. The maximum Gasteiger partial charge on any atom is 0.287 e. The minimum atomic E-state index is -0.326. The lowest BCUT2D eigenvalue weighted by molar-refractivity contribution is -0.697. The molecule has 0 saturated carbocycles. The van der Waals surface area contributed by atoms with Crippen LogP contribution in [0.1, 0.15) is 23.4 Å². The van der Waals surface area contributed by atoms with E-state index in [4.69, 9.17) is 4.74 Å². The Kier molecular flexibility index (Phi) is 6.41. The summed E-state index contributed by atoms with van der Waals surface area (Å²) in [5.74, 6) is 0.633. The number of anilines is 1. The highest BCUT2D eigenvalue weighted by Crippen LogP contribution is 2.24. The first kappa shape index (κ1) is 18.2. The lowest BCUT2D eigenvalue weighted by Crippen LogP contribution is -2.85. The second-order valence-electron chi connectivity index (χ2n) is 5.83. The van der Waals surface area contributed by atoms with Crippen molar-refractivity contribution in [2.45, 2.75) is 19.5 Å². The average Bonchev–Trinajstić information content (AvgIpc) is 3.18. The molecule has 1 amide bonds. The molecular weight excluding hydrogens is 344 g/mol. The number of carbonyl (C=O) groups is 1. The SMILES string of the molecule is CCOc1ccccc1NC(=O)[C@@H]([NH2+]Cc1cccs1)c1ccccc1. The molecule has 0 saturated heterocycles. The third kappa shape index (κ3) is 4.71. The van der Waals surface area contributed by atoms with Crippen LogP contribution in [-0.2, 0) is 11.3 Å². The Morgan fingerprint density at radius 3 is 2.58 bits per heavy atom. The number of nitrogens with two attached hydrogens (primary N) is 1. The summed E-state index contributed by atoms with van der Waals surface area (Å²) in [7, 11) is 0. The van der Waals surface area contributed by atoms with Gasteiger partial charge >= 0.3 is 0 Å². The van der Waals surface area contributed by atoms with E-state index in [9.17, 15) is 4.79 Å². The molecule has 3 rings (SSSR count). The first-order chi connectivity index (χ1) is 12.8. The second-order valence-corrected chi connectivity index (χ2v) is 6.86. The number of thiophene rings is 1. The van der Waals surface area contributed by atoms with Gasteiger partial charge in [-0.15, -0.1) is 11.3 Å². The van der Waals surface area contributed by atoms with Gasteiger partial charge in [0.1, 0.15) is 12.3 Å². The Morgan fingerprint density at radius 1 is 1.08 bits per heavy atom. The van der Waals surface area contributed by atoms with Gasteiger partial charge in [0.25, 0.3) is 5.91 Å². The summed E-state index contributed by atoms with van der Waals surface area (Å²) < 4.78 is 5.62. The molecule has 0 aliphatic rings. The Labute approximate surface area is 157 Å². The van der Waals surface area contributed by atoms with Crippen LogP contribution in [0.25, 0.3) is 0 Å². The Bertz CT molecular complexity index is 819. The van der Waals surface area contributed by atoms with Crippen LogP contribution >= 0.6 is 11.3 Å². The number of ether oxygens (including phenoxy) is 1. The highest BCUT2D eigenvalue weighted by atomic mass is 32.1. The van der Waals surface area contributed by atoms with Crippen molar-refractivity contribution in [1.82, 2.24) is 0 Å². The predicted octanol–water partition coefficient (Wildman–Crippen LogP) is 3.59. The second kappa shape index (κ2) is 9.17. The van der Waals surface area contributed by atoms with Crippen molar-refractivity contribution in [2.24, 2.45) is 0 Å². The van der Waals surface area contributed by atoms with E-state index in [-0.39, 0.29) is 11.9 Å². The number of rotatable bonds is 8. The molecule has 134 valence electrons. The molecule has 4 nitrogen and oxygen atoms in total. The third-order valence-electron chi connectivity index (χ3n) is 4.02. The van der Waals surface area contributed by atoms with Gasteiger partial charge in [0, 0.05) is 5.56 Å². The van der Waals surface area contributed by atoms with E-state index in [1.807, 2.05) is 67.6 Å². The summed E-state index contributed by atoms with van der Waals surface area (Å²) in [5.41, 5.74) is 1.68. The van der Waals surface area contributed by atoms with Crippen LogP contribution in [0, 0.1) is 0 Å². The zero-order valence-electron chi connectivity index (χ0n) is 14.7. The topological polar surface area (TPSA) is 54.9 Å². The fraction of sp³-hybridized carbons (Fsp3) is 0.190. The molecule has 1 heterocycles. The molecule has 0 unspecified atom stereocenters. The van der Waals surface area contributed by atoms with Crippen molar-refractivity contribution in [3.63, 3.8) is 0 Å². The Hall–Kier alpha value is -2.63. The molecule has 0 aliphatic carbocycles. The molecule has 0 fully saturated rings. The van der Waals surface area contributed by atoms with E-state index in [0.29, 0.717) is 18.0 Å². The normalized spacial score (nSPS) is 11.7. The standard InChI is InChI=1S/C21H22N2O2S/c1-2-25-19-13-7-6-12-18(19)23-21(24)20(16-9-4-3-5-10-16)22-15-17-11-8-14-26-17/h3-14,20,22H,2,15H2,1H3,(H,23,24)/p+1/t20-/m0/s1. The lowest BCUT2D eigenvalue weighted by Gasteiger charge is -2.17. The quantitative estimate of drug-likeness (QED) is 0.639. The molecule has 3 N–H and O–H groups in total. The largest absolute Gasteiger partial charge is 0.492 e. The molecule has 0 spiro atoms. The van der Waals surface area contributed by atoms with Crippen LogP contribution in [0.2, 0.25) is 0 Å². The molecule has 3 aromatic rings. The smallest absolute Gasteiger partial charge is 0.287 e. The first-order valence-electron chi connectivity index (χ1n) is 8.71. The summed E-state index contributed by atoms with van der Waals surface area (Å²) in [6.07, 6.45) is 0. The fourth-order valence-corrected chi connectivity index (χ4v) is 3.46. The van der Waals surface area contributed by atoms with Crippen molar-refractivity contribution < 1.29 is 14.8 Å². The predicted molar refractivity (Wildman–Crippen MR) is 105 cm³/mol. The van der Waals surface area contributed by atoms with Crippen LogP contribution in [0.4, 0.5) is 5.69 Å². The molecule has 0 radical (unpaired) electrons. The van der Waals surface area contributed by atoms with Gasteiger partial charge in [-0.1, -0.05) is 48.5 Å². The molecule has 0 bridgehead atoms. The molecule has 2 aromatic carbocycles. The molecule has 5 heteroatoms. The van der Waals surface area contributed by atoms with Gasteiger partial charge in [-0.05, 0) is 30.5 Å². The minimum Gasteiger partial charge on any atom is -0.492 e. The maximum absolute atomic E-state index is 13.0. The van der Waals surface area contributed by atoms with Crippen LogP contribution in [0.5, 0.6) is 5.75 Å². The van der Waals surface area contributed by atoms with Crippen molar-refractivity contribution in [3.8, 4) is 5.75 Å². The summed E-state index contributed by atoms with van der Waals surface area (Å²) in [4.78, 5) is 14.3. The number of benzene rings is 2. The zero-order chi connectivity index (χ0) is 18.2. The minimum absolute atomic E-state index is 0.0556. The Morgan fingerprint density at radius 2 is 1.85 bits per heavy atom. The summed E-state index contributed by atoms with van der Waals surface area (Å²) >= 11 is 1.70. The monoisotopic (exact) mass is 367 g/mol. The van der Waals surface area contributed by atoms with E-state index >= 15 is 0 Å². The number of quaternary nitrogens is 1. The number of nitrogens with one attached hydrogen (secondary N) is 1. The summed E-state index contributed by atoms with van der Waals surface area (Å²) in [6, 6.07) is 21.2. The van der Waals surface area contributed by atoms with Gasteiger partial charge in [0.2, 0.25) is 0 Å². The summed E-state index contributed by atoms with van der Waals surface area (Å²) in [6.45, 7) is 3.25. The van der Waals surface area contributed by atoms with Crippen LogP contribution in [-0.4, -0.2) is 12.5 Å². The first-order valence-corrected chi connectivity index (χ1v) is 9.59. The third-order valence-corrected chi connectivity index (χ3v) is 4.92. The summed E-state index contributed by atoms with van der Waals surface area (Å²) in [5, 5.41) is 7.16. The van der Waals surface area contributed by atoms with Crippen molar-refractivity contribution in [3.05, 3.63) is 82.6 Å². The number of amides is 1. The van der Waals surface area contributed by atoms with Gasteiger partial charge in [-0.3, -0.25) is 4.79 Å². The number of carbonyl (C=O) groups excluding carboxylic acids is 1. The molecule has 0 aliphatic heterocycles. The van der Waals surface area contributed by atoms with Crippen molar-refractivity contribution in [1.29, 1.82) is 0 Å². The van der Waals surface area contributed by atoms with E-state index in [0.717, 1.165) is 12.1 Å². The number of para-hydroxylation sites is 2. The van der Waals surface area contributed by atoms with Crippen LogP contribution in [0.3, 0.4) is 0 Å². The highest BCUT2D eigenvalue weighted by Gasteiger charge is 2.25. The highest BCUT2D eigenvalue weighted by molar-refractivity contribution is 7.09. The van der Waals surface area contributed by atoms with E-state index in [1.54, 1.807) is 11.3 Å². The number of hydrogen-bond donors (Lipinski definition) is 2. The van der Waals surface area contributed by atoms with Gasteiger partial charge in [0.15, 0.2) is 6.04 Å². The van der Waals surface area contributed by atoms with Crippen LogP contribution < -0.4 is 15.4 Å². The van der Waals surface area contributed by atoms with Gasteiger partial charge in [-0.25, -0.2) is 0 Å². The molecule has 26 heavy (non-hydrogen) atoms. The molecule has 1 aromatic heterocycles. The number of hydrogen-bond acceptors (Lipinski definition) is 3. The van der Waals surface area contributed by atoms with E-state index in [2.05, 4.69) is 22.1 Å². The average molecular weight is 367 g/mol. The van der Waals surface area contributed by atoms with Crippen molar-refractivity contribution in [2.75, 3.05) is 11.9 Å². The zero-order valence-corrected chi connectivity index (χ0v) is 15.5. The van der Waals surface area contributed by atoms with Gasteiger partial charge in [-0.2, -0.15) is 0 Å². The van der Waals surface area contributed by atoms with Crippen molar-refractivity contribution >= 4 is 22.9 Å². The van der Waals surface area contributed by atoms with E-state index in [1.165, 1.54) is 4.88 Å². The fourth-order valence-electron chi connectivity index (χ4n) is 2.78. The van der Waals surface area contributed by atoms with E-state index < -0.39 is 0 Å². The molecule has 1 atom stereocenters.